The van der Waals surface area contributed by atoms with Gasteiger partial charge in [0, 0.05) is 18.5 Å². The number of ether oxygens (including phenoxy) is 1. The van der Waals surface area contributed by atoms with Gasteiger partial charge < -0.3 is 10.1 Å². The van der Waals surface area contributed by atoms with E-state index in [1.54, 1.807) is 16.7 Å². The quantitative estimate of drug-likeness (QED) is 0.574. The van der Waals surface area contributed by atoms with Gasteiger partial charge in [-0.1, -0.05) is 6.07 Å². The van der Waals surface area contributed by atoms with Crippen molar-refractivity contribution in [2.45, 2.75) is 26.8 Å². The lowest BCUT2D eigenvalue weighted by Crippen LogP contribution is -2.16. The highest BCUT2D eigenvalue weighted by molar-refractivity contribution is 7.71. The van der Waals surface area contributed by atoms with E-state index in [1.165, 1.54) is 6.07 Å². The maximum atomic E-state index is 13.8. The molecule has 0 radical (unpaired) electrons. The van der Waals surface area contributed by atoms with Crippen LogP contribution in [0.4, 0.5) is 10.1 Å². The van der Waals surface area contributed by atoms with Gasteiger partial charge in [-0.05, 0) is 68.0 Å². The first kappa shape index (κ1) is 19.8. The van der Waals surface area contributed by atoms with Gasteiger partial charge in [0.2, 0.25) is 5.91 Å². The number of H-pyrrole nitrogens is 1. The number of benzene rings is 2. The molecule has 8 heteroatoms. The van der Waals surface area contributed by atoms with Crippen molar-refractivity contribution in [2.75, 3.05) is 11.9 Å². The number of halogens is 1. The predicted octanol–water partition coefficient (Wildman–Crippen LogP) is 4.48. The van der Waals surface area contributed by atoms with Crippen LogP contribution in [0.3, 0.4) is 0 Å². The summed E-state index contributed by atoms with van der Waals surface area (Å²) in [6.07, 6.45) is 0.130. The van der Waals surface area contributed by atoms with Gasteiger partial charge in [0.1, 0.15) is 11.6 Å². The summed E-state index contributed by atoms with van der Waals surface area (Å²) in [4.78, 5) is 12.3. The Bertz CT molecular complexity index is 1030. The number of aryl methyl sites for hydroxylation is 1. The molecule has 0 aliphatic carbocycles. The summed E-state index contributed by atoms with van der Waals surface area (Å²) in [5.41, 5.74) is 1.89. The van der Waals surface area contributed by atoms with Crippen molar-refractivity contribution >= 4 is 23.8 Å². The van der Waals surface area contributed by atoms with Crippen molar-refractivity contribution in [3.05, 3.63) is 58.6 Å². The molecule has 28 heavy (non-hydrogen) atoms. The lowest BCUT2D eigenvalue weighted by atomic mass is 10.2. The number of nitrogens with one attached hydrogen (secondary N) is 2. The van der Waals surface area contributed by atoms with Gasteiger partial charge in [0.15, 0.2) is 10.6 Å². The first-order valence-electron chi connectivity index (χ1n) is 8.92. The van der Waals surface area contributed by atoms with Crippen molar-refractivity contribution in [2.24, 2.45) is 0 Å². The van der Waals surface area contributed by atoms with Crippen molar-refractivity contribution in [3.8, 4) is 17.1 Å². The molecule has 2 N–H and O–H groups in total. The highest BCUT2D eigenvalue weighted by Gasteiger charge is 2.12. The van der Waals surface area contributed by atoms with Crippen LogP contribution in [0.25, 0.3) is 11.4 Å². The molecule has 0 aliphatic rings. The van der Waals surface area contributed by atoms with Crippen LogP contribution in [-0.2, 0) is 11.3 Å². The van der Waals surface area contributed by atoms with Gasteiger partial charge in [0.25, 0.3) is 0 Å². The van der Waals surface area contributed by atoms with E-state index in [-0.39, 0.29) is 18.0 Å². The number of aromatic nitrogens is 3. The Morgan fingerprint density at radius 1 is 1.29 bits per heavy atom. The normalized spacial score (nSPS) is 10.7. The maximum Gasteiger partial charge on any atom is 0.226 e. The minimum absolute atomic E-state index is 0.130. The van der Waals surface area contributed by atoms with E-state index in [4.69, 9.17) is 17.0 Å². The smallest absolute Gasteiger partial charge is 0.226 e. The van der Waals surface area contributed by atoms with Crippen LogP contribution in [0.2, 0.25) is 0 Å². The fourth-order valence-electron chi connectivity index (χ4n) is 2.77. The number of hydrogen-bond donors (Lipinski definition) is 2. The van der Waals surface area contributed by atoms with E-state index in [9.17, 15) is 9.18 Å². The minimum Gasteiger partial charge on any atom is -0.494 e. The van der Waals surface area contributed by atoms with E-state index in [2.05, 4.69) is 15.5 Å². The molecule has 0 bridgehead atoms. The molecular formula is C20H21FN4O2S. The summed E-state index contributed by atoms with van der Waals surface area (Å²) < 4.78 is 21.4. The molecule has 0 aliphatic heterocycles. The lowest BCUT2D eigenvalue weighted by Gasteiger charge is -2.10. The van der Waals surface area contributed by atoms with Crippen molar-refractivity contribution in [3.63, 3.8) is 0 Å². The molecule has 0 fully saturated rings. The maximum absolute atomic E-state index is 13.8. The van der Waals surface area contributed by atoms with Crippen LogP contribution in [0.5, 0.6) is 5.75 Å². The molecule has 0 saturated heterocycles. The van der Waals surface area contributed by atoms with Gasteiger partial charge in [-0.25, -0.2) is 4.39 Å². The molecular weight excluding hydrogens is 379 g/mol. The Morgan fingerprint density at radius 2 is 2.04 bits per heavy atom. The average Bonchev–Trinajstić information content (AvgIpc) is 3.04. The van der Waals surface area contributed by atoms with Gasteiger partial charge >= 0.3 is 0 Å². The Hall–Kier alpha value is -3.00. The molecule has 1 heterocycles. The zero-order valence-corrected chi connectivity index (χ0v) is 16.5. The summed E-state index contributed by atoms with van der Waals surface area (Å²) in [6.45, 7) is 4.67. The fraction of sp³-hybridized carbons (Fsp3) is 0.250. The van der Waals surface area contributed by atoms with E-state index in [0.29, 0.717) is 23.7 Å². The second-order valence-electron chi connectivity index (χ2n) is 6.24. The third-order valence-corrected chi connectivity index (χ3v) is 4.45. The molecule has 0 atom stereocenters. The first-order valence-corrected chi connectivity index (χ1v) is 9.33. The zero-order chi connectivity index (χ0) is 20.1. The number of rotatable bonds is 7. The van der Waals surface area contributed by atoms with E-state index < -0.39 is 5.82 Å². The Balaban J connectivity index is 1.71. The number of anilines is 1. The van der Waals surface area contributed by atoms with Gasteiger partial charge in [0.05, 0.1) is 12.3 Å². The zero-order valence-electron chi connectivity index (χ0n) is 15.7. The van der Waals surface area contributed by atoms with Crippen molar-refractivity contribution < 1.29 is 13.9 Å². The average molecular weight is 400 g/mol. The summed E-state index contributed by atoms with van der Waals surface area (Å²) in [5, 5.41) is 9.63. The van der Waals surface area contributed by atoms with E-state index >= 15 is 0 Å². The second-order valence-corrected chi connectivity index (χ2v) is 6.63. The number of amides is 1. The minimum atomic E-state index is -0.464. The van der Waals surface area contributed by atoms with Gasteiger partial charge in [-0.15, -0.1) is 0 Å². The first-order chi connectivity index (χ1) is 13.5. The van der Waals surface area contributed by atoms with E-state index in [1.807, 2.05) is 38.1 Å². The number of aromatic amines is 1. The van der Waals surface area contributed by atoms with Crippen LogP contribution >= 0.6 is 12.2 Å². The topological polar surface area (TPSA) is 71.9 Å². The predicted molar refractivity (Wildman–Crippen MR) is 108 cm³/mol. The molecule has 1 aromatic heterocycles. The summed E-state index contributed by atoms with van der Waals surface area (Å²) >= 11 is 5.29. The third-order valence-electron chi connectivity index (χ3n) is 4.14. The van der Waals surface area contributed by atoms with Gasteiger partial charge in [-0.3, -0.25) is 14.5 Å². The molecule has 0 unspecified atom stereocenters. The fourth-order valence-corrected chi connectivity index (χ4v) is 3.00. The molecule has 6 nitrogen and oxygen atoms in total. The number of carbonyl (C=O) groups excluding carboxylic acids is 1. The molecule has 2 aromatic carbocycles. The third kappa shape index (κ3) is 4.64. The summed E-state index contributed by atoms with van der Waals surface area (Å²) in [7, 11) is 0. The number of hydrogen-bond acceptors (Lipinski definition) is 4. The Kier molecular flexibility index (Phi) is 6.20. The van der Waals surface area contributed by atoms with Crippen molar-refractivity contribution in [1.82, 2.24) is 14.8 Å². The Labute approximate surface area is 167 Å². The molecule has 146 valence electrons. The highest BCUT2D eigenvalue weighted by Crippen LogP contribution is 2.22. The van der Waals surface area contributed by atoms with Crippen molar-refractivity contribution in [1.29, 1.82) is 0 Å². The second kappa shape index (κ2) is 8.79. The Morgan fingerprint density at radius 3 is 2.75 bits per heavy atom. The SMILES string of the molecule is CCOc1ccc(-c2n[nH]c(=S)n2CCC(=O)Nc2cc(C)ccc2F)cc1. The standard InChI is InChI=1S/C20H21FN4O2S/c1-3-27-15-7-5-14(6-8-15)19-23-24-20(28)25(19)11-10-18(26)22-17-12-13(2)4-9-16(17)21/h4-9,12H,3,10-11H2,1-2H3,(H,22,26)(H,24,28). The van der Waals surface area contributed by atoms with Crippen LogP contribution < -0.4 is 10.1 Å². The largest absolute Gasteiger partial charge is 0.494 e. The molecule has 3 rings (SSSR count). The monoisotopic (exact) mass is 400 g/mol. The molecule has 0 spiro atoms. The highest BCUT2D eigenvalue weighted by atomic mass is 32.1. The number of carbonyl (C=O) groups is 1. The lowest BCUT2D eigenvalue weighted by molar-refractivity contribution is -0.116. The van der Waals surface area contributed by atoms with Crippen LogP contribution in [0, 0.1) is 17.5 Å². The van der Waals surface area contributed by atoms with Crippen LogP contribution in [0.1, 0.15) is 18.9 Å². The molecule has 3 aromatic rings. The summed E-state index contributed by atoms with van der Waals surface area (Å²) in [5.74, 6) is 0.633. The van der Waals surface area contributed by atoms with Crippen LogP contribution in [-0.4, -0.2) is 27.3 Å². The number of nitrogens with zero attached hydrogens (tertiary/aromatic N) is 2. The van der Waals surface area contributed by atoms with E-state index in [0.717, 1.165) is 16.9 Å². The molecule has 0 saturated carbocycles. The summed E-state index contributed by atoms with van der Waals surface area (Å²) in [6, 6.07) is 12.1. The van der Waals surface area contributed by atoms with Crippen LogP contribution in [0.15, 0.2) is 42.5 Å². The van der Waals surface area contributed by atoms with Gasteiger partial charge in [-0.2, -0.15) is 5.10 Å². The molecule has 1 amide bonds.